The Balaban J connectivity index is 1.85. The van der Waals surface area contributed by atoms with E-state index < -0.39 is 11.9 Å². The number of aromatic nitrogens is 2. The molecule has 9 heteroatoms. The number of thiophene rings is 1. The molecule has 3 heterocycles. The predicted molar refractivity (Wildman–Crippen MR) is 108 cm³/mol. The number of nitrogens with two attached hydrogens (primary N) is 1. The average molecular weight is 409 g/mol. The summed E-state index contributed by atoms with van der Waals surface area (Å²) in [6.07, 6.45) is 2.39. The number of rotatable bonds is 5. The molecule has 146 valence electrons. The van der Waals surface area contributed by atoms with E-state index in [0.29, 0.717) is 34.9 Å². The summed E-state index contributed by atoms with van der Waals surface area (Å²) in [6.45, 7) is 6.84. The molecule has 0 spiro atoms. The standard InChI is InChI=1S/C18H24N4O3S2/c1-4-21-17(25)14-10(2)11(3)27-16(14)20-18(21)26-9-13(23)22-8-6-5-7-12(22)15(19)24/h12H,4-9H2,1-3H3,(H2,19,24)/t12-/m1/s1. The van der Waals surface area contributed by atoms with Crippen LogP contribution in [-0.4, -0.2) is 44.6 Å². The second-order valence-electron chi connectivity index (χ2n) is 6.70. The van der Waals surface area contributed by atoms with Gasteiger partial charge in [0, 0.05) is 18.0 Å². The van der Waals surface area contributed by atoms with Crippen molar-refractivity contribution in [3.8, 4) is 0 Å². The molecule has 0 unspecified atom stereocenters. The maximum absolute atomic E-state index is 12.9. The molecule has 27 heavy (non-hydrogen) atoms. The quantitative estimate of drug-likeness (QED) is 0.603. The van der Waals surface area contributed by atoms with Gasteiger partial charge >= 0.3 is 0 Å². The summed E-state index contributed by atoms with van der Waals surface area (Å²) in [5.74, 6) is -0.466. The van der Waals surface area contributed by atoms with Gasteiger partial charge in [0.05, 0.1) is 11.1 Å². The highest BCUT2D eigenvalue weighted by atomic mass is 32.2. The minimum atomic E-state index is -0.529. The van der Waals surface area contributed by atoms with Crippen LogP contribution < -0.4 is 11.3 Å². The fourth-order valence-corrected chi connectivity index (χ4v) is 5.45. The molecule has 1 fully saturated rings. The summed E-state index contributed by atoms with van der Waals surface area (Å²) in [5, 5.41) is 1.21. The number of hydrogen-bond donors (Lipinski definition) is 1. The van der Waals surface area contributed by atoms with Gasteiger partial charge in [-0.1, -0.05) is 11.8 Å². The fourth-order valence-electron chi connectivity index (χ4n) is 3.43. The number of carbonyl (C=O) groups excluding carboxylic acids is 2. The number of aryl methyl sites for hydroxylation is 2. The first-order chi connectivity index (χ1) is 12.8. The zero-order valence-corrected chi connectivity index (χ0v) is 17.4. The minimum absolute atomic E-state index is 0.0627. The van der Waals surface area contributed by atoms with Crippen LogP contribution in [0.25, 0.3) is 10.2 Å². The predicted octanol–water partition coefficient (Wildman–Crippen LogP) is 2.05. The Morgan fingerprint density at radius 1 is 1.33 bits per heavy atom. The van der Waals surface area contributed by atoms with Crippen LogP contribution in [0.2, 0.25) is 0 Å². The molecule has 2 N–H and O–H groups in total. The third-order valence-corrected chi connectivity index (χ3v) is 7.11. The van der Waals surface area contributed by atoms with Crippen molar-refractivity contribution in [3.63, 3.8) is 0 Å². The first-order valence-electron chi connectivity index (χ1n) is 9.07. The second kappa shape index (κ2) is 8.02. The Labute approximate surface area is 165 Å². The van der Waals surface area contributed by atoms with Gasteiger partial charge in [-0.3, -0.25) is 19.0 Å². The van der Waals surface area contributed by atoms with Gasteiger partial charge in [0.25, 0.3) is 5.56 Å². The van der Waals surface area contributed by atoms with E-state index in [0.717, 1.165) is 23.3 Å². The van der Waals surface area contributed by atoms with Gasteiger partial charge in [0.2, 0.25) is 11.8 Å². The normalized spacial score (nSPS) is 17.4. The van der Waals surface area contributed by atoms with E-state index in [1.54, 1.807) is 9.47 Å². The molecule has 2 amide bonds. The van der Waals surface area contributed by atoms with Crippen molar-refractivity contribution in [2.45, 2.75) is 57.8 Å². The number of primary amides is 1. The molecular weight excluding hydrogens is 384 g/mol. The van der Waals surface area contributed by atoms with E-state index in [-0.39, 0.29) is 17.2 Å². The molecule has 1 atom stereocenters. The lowest BCUT2D eigenvalue weighted by molar-refractivity contribution is -0.138. The van der Waals surface area contributed by atoms with Crippen molar-refractivity contribution in [2.75, 3.05) is 12.3 Å². The number of hydrogen-bond acceptors (Lipinski definition) is 6. The lowest BCUT2D eigenvalue weighted by Gasteiger charge is -2.33. The van der Waals surface area contributed by atoms with Crippen molar-refractivity contribution in [3.05, 3.63) is 20.8 Å². The van der Waals surface area contributed by atoms with Crippen LogP contribution in [0.4, 0.5) is 0 Å². The van der Waals surface area contributed by atoms with E-state index in [9.17, 15) is 14.4 Å². The maximum Gasteiger partial charge on any atom is 0.263 e. The highest BCUT2D eigenvalue weighted by molar-refractivity contribution is 7.99. The lowest BCUT2D eigenvalue weighted by Crippen LogP contribution is -2.51. The van der Waals surface area contributed by atoms with Crippen LogP contribution in [0.5, 0.6) is 0 Å². The number of carbonyl (C=O) groups is 2. The van der Waals surface area contributed by atoms with Crippen molar-refractivity contribution in [1.29, 1.82) is 0 Å². The first kappa shape index (κ1) is 19.9. The SMILES string of the molecule is CCn1c(SCC(=O)N2CCCC[C@@H]2C(N)=O)nc2sc(C)c(C)c2c1=O. The van der Waals surface area contributed by atoms with Crippen molar-refractivity contribution in [1.82, 2.24) is 14.5 Å². The molecule has 0 aromatic carbocycles. The van der Waals surface area contributed by atoms with Gasteiger partial charge in [-0.2, -0.15) is 0 Å². The molecule has 1 aliphatic heterocycles. The molecule has 1 aliphatic rings. The van der Waals surface area contributed by atoms with Crippen LogP contribution in [0, 0.1) is 13.8 Å². The summed E-state index contributed by atoms with van der Waals surface area (Å²) in [6, 6.07) is -0.529. The zero-order valence-electron chi connectivity index (χ0n) is 15.8. The van der Waals surface area contributed by atoms with Crippen molar-refractivity contribution >= 4 is 45.1 Å². The van der Waals surface area contributed by atoms with E-state index in [2.05, 4.69) is 4.98 Å². The highest BCUT2D eigenvalue weighted by Gasteiger charge is 2.30. The van der Waals surface area contributed by atoms with Crippen molar-refractivity contribution < 1.29 is 9.59 Å². The summed E-state index contributed by atoms with van der Waals surface area (Å²) in [5.41, 5.74) is 6.36. The van der Waals surface area contributed by atoms with Gasteiger partial charge in [-0.25, -0.2) is 4.98 Å². The third-order valence-electron chi connectivity index (χ3n) is 5.05. The van der Waals surface area contributed by atoms with Gasteiger partial charge in [-0.05, 0) is 45.6 Å². The Bertz CT molecular complexity index is 950. The Kier molecular flexibility index (Phi) is 5.90. The Morgan fingerprint density at radius 3 is 2.74 bits per heavy atom. The van der Waals surface area contributed by atoms with Crippen LogP contribution in [0.3, 0.4) is 0 Å². The van der Waals surface area contributed by atoms with Gasteiger partial charge in [0.1, 0.15) is 10.9 Å². The molecule has 0 saturated carbocycles. The van der Waals surface area contributed by atoms with Gasteiger partial charge < -0.3 is 10.6 Å². The lowest BCUT2D eigenvalue weighted by atomic mass is 10.0. The average Bonchev–Trinajstić information content (AvgIpc) is 2.93. The second-order valence-corrected chi connectivity index (χ2v) is 8.84. The molecule has 0 radical (unpaired) electrons. The third kappa shape index (κ3) is 3.75. The van der Waals surface area contributed by atoms with Crippen LogP contribution >= 0.6 is 23.1 Å². The number of fused-ring (bicyclic) bond motifs is 1. The van der Waals surface area contributed by atoms with Gasteiger partial charge in [-0.15, -0.1) is 11.3 Å². The highest BCUT2D eigenvalue weighted by Crippen LogP contribution is 2.28. The van der Waals surface area contributed by atoms with Crippen LogP contribution in [0.15, 0.2) is 9.95 Å². The molecule has 0 bridgehead atoms. The summed E-state index contributed by atoms with van der Waals surface area (Å²) >= 11 is 2.75. The number of nitrogens with zero attached hydrogens (tertiary/aromatic N) is 3. The molecule has 2 aromatic rings. The zero-order chi connectivity index (χ0) is 19.7. The topological polar surface area (TPSA) is 98.3 Å². The Hall–Kier alpha value is -1.87. The summed E-state index contributed by atoms with van der Waals surface area (Å²) in [4.78, 5) is 45.2. The molecule has 7 nitrogen and oxygen atoms in total. The van der Waals surface area contributed by atoms with Crippen molar-refractivity contribution in [2.24, 2.45) is 5.73 Å². The molecule has 2 aromatic heterocycles. The minimum Gasteiger partial charge on any atom is -0.368 e. The van der Waals surface area contributed by atoms with Crippen LogP contribution in [-0.2, 0) is 16.1 Å². The van der Waals surface area contributed by atoms with E-state index >= 15 is 0 Å². The Morgan fingerprint density at radius 2 is 2.07 bits per heavy atom. The van der Waals surface area contributed by atoms with E-state index in [1.807, 2.05) is 20.8 Å². The number of piperidine rings is 1. The molecular formula is C18H24N4O3S2. The van der Waals surface area contributed by atoms with Crippen LogP contribution in [0.1, 0.15) is 36.6 Å². The summed E-state index contributed by atoms with van der Waals surface area (Å²) < 4.78 is 1.61. The molecule has 0 aliphatic carbocycles. The fraction of sp³-hybridized carbons (Fsp3) is 0.556. The maximum atomic E-state index is 12.9. The molecule has 3 rings (SSSR count). The first-order valence-corrected chi connectivity index (χ1v) is 10.9. The largest absolute Gasteiger partial charge is 0.368 e. The molecule has 1 saturated heterocycles. The summed E-state index contributed by atoms with van der Waals surface area (Å²) in [7, 11) is 0. The smallest absolute Gasteiger partial charge is 0.263 e. The van der Waals surface area contributed by atoms with Gasteiger partial charge in [0.15, 0.2) is 5.16 Å². The number of amides is 2. The van der Waals surface area contributed by atoms with E-state index in [1.165, 1.54) is 23.1 Å². The number of thioether (sulfide) groups is 1. The number of likely N-dealkylation sites (tertiary alicyclic amines) is 1. The monoisotopic (exact) mass is 408 g/mol. The van der Waals surface area contributed by atoms with E-state index in [4.69, 9.17) is 5.73 Å².